The third-order valence-electron chi connectivity index (χ3n) is 4.21. The van der Waals surface area contributed by atoms with Crippen LogP contribution in [0.2, 0.25) is 10.0 Å². The van der Waals surface area contributed by atoms with Gasteiger partial charge in [0.2, 0.25) is 5.89 Å². The molecule has 1 N–H and O–H groups in total. The van der Waals surface area contributed by atoms with Crippen molar-refractivity contribution in [1.29, 1.82) is 0 Å². The predicted molar refractivity (Wildman–Crippen MR) is 110 cm³/mol. The number of ether oxygens (including phenoxy) is 1. The van der Waals surface area contributed by atoms with E-state index in [0.717, 1.165) is 0 Å². The number of methoxy groups -OCH3 is 1. The second kappa shape index (κ2) is 7.73. The lowest BCUT2D eigenvalue weighted by Gasteiger charge is -2.09. The largest absolute Gasteiger partial charge is 0.496 e. The molecule has 0 aliphatic rings. The number of nitrogens with zero attached hydrogens (tertiary/aromatic N) is 1. The molecule has 1 amide bonds. The van der Waals surface area contributed by atoms with E-state index in [1.54, 1.807) is 30.3 Å². The van der Waals surface area contributed by atoms with Gasteiger partial charge in [-0.3, -0.25) is 4.79 Å². The number of anilines is 1. The zero-order valence-corrected chi connectivity index (χ0v) is 16.5. The molecule has 0 aliphatic heterocycles. The number of carbonyl (C=O) groups excluding carboxylic acids is 1. The van der Waals surface area contributed by atoms with Gasteiger partial charge in [0.25, 0.3) is 5.91 Å². The Morgan fingerprint density at radius 2 is 1.93 bits per heavy atom. The van der Waals surface area contributed by atoms with Gasteiger partial charge in [0.1, 0.15) is 17.1 Å². The van der Waals surface area contributed by atoms with Crippen LogP contribution in [0.5, 0.6) is 5.75 Å². The van der Waals surface area contributed by atoms with Crippen LogP contribution in [-0.4, -0.2) is 18.0 Å². The summed E-state index contributed by atoms with van der Waals surface area (Å²) in [5.74, 6) is -0.169. The average Bonchev–Trinajstić information content (AvgIpc) is 3.10. The molecule has 29 heavy (non-hydrogen) atoms. The molecule has 0 aliphatic carbocycles. The number of benzene rings is 3. The lowest BCUT2D eigenvalue weighted by molar-refractivity contribution is 0.102. The number of amides is 1. The molecule has 0 unspecified atom stereocenters. The van der Waals surface area contributed by atoms with Crippen molar-refractivity contribution in [2.24, 2.45) is 0 Å². The highest BCUT2D eigenvalue weighted by atomic mass is 35.5. The van der Waals surface area contributed by atoms with Crippen LogP contribution in [0, 0.1) is 5.82 Å². The minimum Gasteiger partial charge on any atom is -0.496 e. The van der Waals surface area contributed by atoms with Gasteiger partial charge in [0.05, 0.1) is 23.3 Å². The van der Waals surface area contributed by atoms with E-state index in [2.05, 4.69) is 10.3 Å². The smallest absolute Gasteiger partial charge is 0.259 e. The molecular weight excluding hydrogens is 418 g/mol. The molecule has 0 saturated heterocycles. The zero-order valence-electron chi connectivity index (χ0n) is 15.0. The van der Waals surface area contributed by atoms with E-state index in [9.17, 15) is 9.18 Å². The number of hydrogen-bond acceptors (Lipinski definition) is 4. The fraction of sp³-hybridized carbons (Fsp3) is 0.0476. The van der Waals surface area contributed by atoms with Gasteiger partial charge in [-0.2, -0.15) is 0 Å². The fourth-order valence-corrected chi connectivity index (χ4v) is 3.26. The molecule has 0 saturated carbocycles. The quantitative estimate of drug-likeness (QED) is 0.418. The van der Waals surface area contributed by atoms with Crippen LogP contribution in [0.1, 0.15) is 10.4 Å². The summed E-state index contributed by atoms with van der Waals surface area (Å²) in [6.07, 6.45) is 0. The molecule has 0 bridgehead atoms. The first-order valence-electron chi connectivity index (χ1n) is 8.45. The Kier molecular flexibility index (Phi) is 5.13. The van der Waals surface area contributed by atoms with E-state index in [0.29, 0.717) is 38.7 Å². The van der Waals surface area contributed by atoms with Crippen molar-refractivity contribution in [3.8, 4) is 17.2 Å². The van der Waals surface area contributed by atoms with Crippen LogP contribution in [0.25, 0.3) is 22.6 Å². The van der Waals surface area contributed by atoms with Gasteiger partial charge in [-0.15, -0.1) is 0 Å². The van der Waals surface area contributed by atoms with Crippen LogP contribution < -0.4 is 10.1 Å². The molecule has 0 radical (unpaired) electrons. The first-order chi connectivity index (χ1) is 13.9. The molecule has 0 spiro atoms. The Morgan fingerprint density at radius 3 is 2.69 bits per heavy atom. The van der Waals surface area contributed by atoms with Crippen molar-refractivity contribution >= 4 is 45.9 Å². The molecule has 3 aromatic carbocycles. The van der Waals surface area contributed by atoms with Crippen LogP contribution in [0.3, 0.4) is 0 Å². The second-order valence-corrected chi connectivity index (χ2v) is 6.97. The normalized spacial score (nSPS) is 10.9. The second-order valence-electron chi connectivity index (χ2n) is 6.12. The minimum atomic E-state index is -0.448. The number of aromatic nitrogens is 1. The molecule has 8 heteroatoms. The Bertz CT molecular complexity index is 1240. The van der Waals surface area contributed by atoms with Gasteiger partial charge in [-0.25, -0.2) is 9.37 Å². The van der Waals surface area contributed by atoms with E-state index in [1.807, 2.05) is 0 Å². The number of carbonyl (C=O) groups is 1. The summed E-state index contributed by atoms with van der Waals surface area (Å²) in [6, 6.07) is 13.8. The SMILES string of the molecule is COc1ccc(Cl)cc1C(=O)Nc1ccc2oc(-c3ccc(F)cc3Cl)nc2c1. The number of hydrogen-bond donors (Lipinski definition) is 1. The van der Waals surface area contributed by atoms with E-state index in [1.165, 1.54) is 31.4 Å². The summed E-state index contributed by atoms with van der Waals surface area (Å²) >= 11 is 12.1. The fourth-order valence-electron chi connectivity index (χ4n) is 2.84. The maximum absolute atomic E-state index is 13.3. The van der Waals surface area contributed by atoms with E-state index >= 15 is 0 Å². The summed E-state index contributed by atoms with van der Waals surface area (Å²) in [6.45, 7) is 0. The van der Waals surface area contributed by atoms with E-state index in [4.69, 9.17) is 32.4 Å². The molecule has 4 aromatic rings. The molecule has 1 aromatic heterocycles. The number of fused-ring (bicyclic) bond motifs is 1. The van der Waals surface area contributed by atoms with Crippen molar-refractivity contribution in [1.82, 2.24) is 4.98 Å². The molecular formula is C21H13Cl2FN2O3. The van der Waals surface area contributed by atoms with Gasteiger partial charge >= 0.3 is 0 Å². The third kappa shape index (κ3) is 3.90. The Labute approximate surface area is 175 Å². The van der Waals surface area contributed by atoms with Crippen molar-refractivity contribution < 1.29 is 18.3 Å². The predicted octanol–water partition coefficient (Wildman–Crippen LogP) is 6.20. The Balaban J connectivity index is 1.64. The van der Waals surface area contributed by atoms with Crippen LogP contribution in [0.4, 0.5) is 10.1 Å². The van der Waals surface area contributed by atoms with Gasteiger partial charge < -0.3 is 14.5 Å². The standard InChI is InChI=1S/C21H13Cl2FN2O3/c1-28-18-6-2-11(22)8-15(18)20(27)25-13-4-7-19-17(10-13)26-21(29-19)14-5-3-12(24)9-16(14)23/h2-10H,1H3,(H,25,27). The van der Waals surface area contributed by atoms with Crippen molar-refractivity contribution in [2.45, 2.75) is 0 Å². The summed E-state index contributed by atoms with van der Waals surface area (Å²) in [5, 5.41) is 3.40. The Morgan fingerprint density at radius 1 is 1.10 bits per heavy atom. The topological polar surface area (TPSA) is 64.4 Å². The maximum atomic E-state index is 13.3. The highest BCUT2D eigenvalue weighted by Gasteiger charge is 2.16. The monoisotopic (exact) mass is 430 g/mol. The average molecular weight is 431 g/mol. The highest BCUT2D eigenvalue weighted by Crippen LogP contribution is 2.31. The number of nitrogens with one attached hydrogen (secondary N) is 1. The van der Waals surface area contributed by atoms with Crippen LogP contribution >= 0.6 is 23.2 Å². The third-order valence-corrected chi connectivity index (χ3v) is 4.76. The van der Waals surface area contributed by atoms with Crippen LogP contribution in [0.15, 0.2) is 59.0 Å². The van der Waals surface area contributed by atoms with Crippen molar-refractivity contribution in [3.05, 3.63) is 76.0 Å². The maximum Gasteiger partial charge on any atom is 0.259 e. The molecule has 4 rings (SSSR count). The molecule has 1 heterocycles. The van der Waals surface area contributed by atoms with E-state index < -0.39 is 5.82 Å². The van der Waals surface area contributed by atoms with Crippen molar-refractivity contribution in [3.63, 3.8) is 0 Å². The van der Waals surface area contributed by atoms with Crippen LogP contribution in [-0.2, 0) is 0 Å². The van der Waals surface area contributed by atoms with Gasteiger partial charge in [-0.05, 0) is 54.6 Å². The molecule has 0 atom stereocenters. The summed E-state index contributed by atoms with van der Waals surface area (Å²) in [5.41, 5.74) is 2.29. The highest BCUT2D eigenvalue weighted by molar-refractivity contribution is 6.33. The lowest BCUT2D eigenvalue weighted by atomic mass is 10.1. The van der Waals surface area contributed by atoms with E-state index in [-0.39, 0.29) is 16.8 Å². The Hall–Kier alpha value is -3.09. The molecule has 5 nitrogen and oxygen atoms in total. The number of oxazole rings is 1. The first kappa shape index (κ1) is 19.2. The molecule has 0 fully saturated rings. The van der Waals surface area contributed by atoms with Gasteiger partial charge in [-0.1, -0.05) is 23.2 Å². The minimum absolute atomic E-state index is 0.193. The van der Waals surface area contributed by atoms with Gasteiger partial charge in [0.15, 0.2) is 5.58 Å². The number of rotatable bonds is 4. The van der Waals surface area contributed by atoms with Crippen molar-refractivity contribution in [2.75, 3.05) is 12.4 Å². The number of halogens is 3. The first-order valence-corrected chi connectivity index (χ1v) is 9.21. The summed E-state index contributed by atoms with van der Waals surface area (Å²) < 4.78 is 24.2. The summed E-state index contributed by atoms with van der Waals surface area (Å²) in [7, 11) is 1.48. The molecule has 146 valence electrons. The lowest BCUT2D eigenvalue weighted by Crippen LogP contribution is -2.13. The zero-order chi connectivity index (χ0) is 20.5. The van der Waals surface area contributed by atoms with Gasteiger partial charge in [0, 0.05) is 10.7 Å². The summed E-state index contributed by atoms with van der Waals surface area (Å²) in [4.78, 5) is 17.0.